The van der Waals surface area contributed by atoms with Crippen LogP contribution in [-0.4, -0.2) is 24.4 Å². The average molecular weight is 321 g/mol. The van der Waals surface area contributed by atoms with Crippen molar-refractivity contribution in [2.75, 3.05) is 7.11 Å². The first-order valence-corrected chi connectivity index (χ1v) is 7.28. The number of methoxy groups -OCH3 is 1. The minimum atomic E-state index is -0.415. The van der Waals surface area contributed by atoms with Gasteiger partial charge in [0.25, 0.3) is 0 Å². The van der Waals surface area contributed by atoms with Crippen LogP contribution in [0.3, 0.4) is 0 Å². The Morgan fingerprint density at radius 2 is 1.83 bits per heavy atom. The van der Waals surface area contributed by atoms with Gasteiger partial charge in [-0.25, -0.2) is 4.79 Å². The van der Waals surface area contributed by atoms with Gasteiger partial charge in [-0.1, -0.05) is 18.2 Å². The molecule has 2 aromatic carbocycles. The summed E-state index contributed by atoms with van der Waals surface area (Å²) in [6, 6.07) is 17.2. The van der Waals surface area contributed by atoms with E-state index in [4.69, 9.17) is 9.15 Å². The lowest BCUT2D eigenvalue weighted by Crippen LogP contribution is -2.02. The highest BCUT2D eigenvalue weighted by Gasteiger charge is 2.14. The molecular formula is C19H15NO4. The van der Waals surface area contributed by atoms with Gasteiger partial charge in [0.1, 0.15) is 17.3 Å². The number of hydrogen-bond donors (Lipinski definition) is 1. The van der Waals surface area contributed by atoms with Crippen LogP contribution in [0.25, 0.3) is 11.3 Å². The zero-order chi connectivity index (χ0) is 16.9. The smallest absolute Gasteiger partial charge is 0.338 e. The number of esters is 1. The molecule has 5 nitrogen and oxygen atoms in total. The molecule has 0 fully saturated rings. The molecule has 5 heteroatoms. The molecule has 0 amide bonds. The van der Waals surface area contributed by atoms with E-state index in [9.17, 15) is 9.90 Å². The second-order valence-corrected chi connectivity index (χ2v) is 5.01. The van der Waals surface area contributed by atoms with E-state index in [0.717, 1.165) is 0 Å². The fraction of sp³-hybridized carbons (Fsp3) is 0.0526. The van der Waals surface area contributed by atoms with Gasteiger partial charge in [0, 0.05) is 5.56 Å². The van der Waals surface area contributed by atoms with E-state index in [1.54, 1.807) is 60.8 Å². The molecule has 0 radical (unpaired) electrons. The molecule has 24 heavy (non-hydrogen) atoms. The summed E-state index contributed by atoms with van der Waals surface area (Å²) >= 11 is 0. The summed E-state index contributed by atoms with van der Waals surface area (Å²) in [6.07, 6.45) is 1.58. The number of phenols is 1. The molecule has 3 aromatic rings. The Morgan fingerprint density at radius 3 is 2.58 bits per heavy atom. The van der Waals surface area contributed by atoms with Crippen molar-refractivity contribution < 1.29 is 19.1 Å². The number of benzene rings is 2. The number of nitrogens with zero attached hydrogens (tertiary/aromatic N) is 1. The van der Waals surface area contributed by atoms with Gasteiger partial charge in [-0.2, -0.15) is 0 Å². The summed E-state index contributed by atoms with van der Waals surface area (Å²) in [7, 11) is 1.34. The van der Waals surface area contributed by atoms with Gasteiger partial charge in [0.15, 0.2) is 0 Å². The van der Waals surface area contributed by atoms with E-state index in [1.807, 2.05) is 6.07 Å². The Balaban J connectivity index is 1.86. The number of ether oxygens (including phenoxy) is 1. The van der Waals surface area contributed by atoms with Gasteiger partial charge in [0.05, 0.1) is 24.6 Å². The van der Waals surface area contributed by atoms with Gasteiger partial charge in [-0.05, 0) is 42.5 Å². The molecule has 0 saturated carbocycles. The van der Waals surface area contributed by atoms with Crippen molar-refractivity contribution in [2.24, 2.45) is 4.99 Å². The standard InChI is InChI=1S/C19H15NO4/c1-23-19(22)17-5-3-2-4-16(17)18-11-10-15(24-18)12-20-13-6-8-14(21)9-7-13/h2-12,21H,1H3. The zero-order valence-electron chi connectivity index (χ0n) is 13.0. The minimum absolute atomic E-state index is 0.189. The second kappa shape index (κ2) is 6.83. The molecule has 0 atom stereocenters. The normalized spacial score (nSPS) is 10.9. The average Bonchev–Trinajstić information content (AvgIpc) is 3.09. The van der Waals surface area contributed by atoms with Crippen molar-refractivity contribution in [1.82, 2.24) is 0 Å². The van der Waals surface area contributed by atoms with Crippen LogP contribution in [0.4, 0.5) is 5.69 Å². The molecular weight excluding hydrogens is 306 g/mol. The van der Waals surface area contributed by atoms with Crippen molar-refractivity contribution in [3.05, 3.63) is 72.0 Å². The Labute approximate surface area is 138 Å². The molecule has 120 valence electrons. The lowest BCUT2D eigenvalue weighted by atomic mass is 10.1. The van der Waals surface area contributed by atoms with E-state index >= 15 is 0 Å². The van der Waals surface area contributed by atoms with Crippen LogP contribution in [0.5, 0.6) is 5.75 Å². The first kappa shape index (κ1) is 15.6. The Kier molecular flexibility index (Phi) is 4.43. The van der Waals surface area contributed by atoms with E-state index in [2.05, 4.69) is 4.99 Å². The maximum Gasteiger partial charge on any atom is 0.338 e. The summed E-state index contributed by atoms with van der Waals surface area (Å²) < 4.78 is 10.5. The monoisotopic (exact) mass is 321 g/mol. The molecule has 1 heterocycles. The molecule has 3 rings (SSSR count). The third kappa shape index (κ3) is 3.35. The molecule has 1 N–H and O–H groups in total. The highest BCUT2D eigenvalue weighted by molar-refractivity contribution is 5.96. The second-order valence-electron chi connectivity index (χ2n) is 5.01. The van der Waals surface area contributed by atoms with Crippen LogP contribution in [0, 0.1) is 0 Å². The number of aromatic hydroxyl groups is 1. The van der Waals surface area contributed by atoms with Crippen molar-refractivity contribution in [3.63, 3.8) is 0 Å². The molecule has 0 saturated heterocycles. The predicted molar refractivity (Wildman–Crippen MR) is 90.8 cm³/mol. The molecule has 0 aliphatic heterocycles. The first-order valence-electron chi connectivity index (χ1n) is 7.28. The summed E-state index contributed by atoms with van der Waals surface area (Å²) in [6.45, 7) is 0. The largest absolute Gasteiger partial charge is 0.508 e. The summed E-state index contributed by atoms with van der Waals surface area (Å²) in [5.74, 6) is 0.885. The van der Waals surface area contributed by atoms with E-state index in [0.29, 0.717) is 28.3 Å². The topological polar surface area (TPSA) is 72.0 Å². The fourth-order valence-electron chi connectivity index (χ4n) is 2.23. The minimum Gasteiger partial charge on any atom is -0.508 e. The van der Waals surface area contributed by atoms with Crippen molar-refractivity contribution in [1.29, 1.82) is 0 Å². The molecule has 0 aliphatic carbocycles. The van der Waals surface area contributed by atoms with Crippen LogP contribution in [0.1, 0.15) is 16.1 Å². The number of carbonyl (C=O) groups is 1. The van der Waals surface area contributed by atoms with Gasteiger partial charge in [0.2, 0.25) is 0 Å². The number of rotatable bonds is 4. The number of hydrogen-bond acceptors (Lipinski definition) is 5. The van der Waals surface area contributed by atoms with E-state index in [-0.39, 0.29) is 5.75 Å². The van der Waals surface area contributed by atoms with Crippen LogP contribution in [0.15, 0.2) is 70.1 Å². The number of furan rings is 1. The maximum absolute atomic E-state index is 11.8. The van der Waals surface area contributed by atoms with Crippen molar-refractivity contribution in [3.8, 4) is 17.1 Å². The van der Waals surface area contributed by atoms with Crippen LogP contribution in [0.2, 0.25) is 0 Å². The van der Waals surface area contributed by atoms with Crippen molar-refractivity contribution >= 4 is 17.9 Å². The first-order chi connectivity index (χ1) is 11.7. The molecule has 0 spiro atoms. The molecule has 0 unspecified atom stereocenters. The van der Waals surface area contributed by atoms with E-state index in [1.165, 1.54) is 7.11 Å². The lowest BCUT2D eigenvalue weighted by molar-refractivity contribution is 0.0601. The molecule has 1 aromatic heterocycles. The molecule has 0 bridgehead atoms. The number of phenolic OH excluding ortho intramolecular Hbond substituents is 1. The Morgan fingerprint density at radius 1 is 1.08 bits per heavy atom. The quantitative estimate of drug-likeness (QED) is 0.578. The fourth-order valence-corrected chi connectivity index (χ4v) is 2.23. The SMILES string of the molecule is COC(=O)c1ccccc1-c1ccc(C=Nc2ccc(O)cc2)o1. The maximum atomic E-state index is 11.8. The highest BCUT2D eigenvalue weighted by Crippen LogP contribution is 2.26. The lowest BCUT2D eigenvalue weighted by Gasteiger charge is -2.04. The summed E-state index contributed by atoms with van der Waals surface area (Å²) in [5.41, 5.74) is 1.80. The number of aliphatic imine (C=N–C) groups is 1. The zero-order valence-corrected chi connectivity index (χ0v) is 13.0. The van der Waals surface area contributed by atoms with Gasteiger partial charge >= 0.3 is 5.97 Å². The van der Waals surface area contributed by atoms with Gasteiger partial charge in [-0.15, -0.1) is 0 Å². The number of carbonyl (C=O) groups excluding carboxylic acids is 1. The third-order valence-electron chi connectivity index (χ3n) is 3.42. The summed E-state index contributed by atoms with van der Waals surface area (Å²) in [5, 5.41) is 9.25. The van der Waals surface area contributed by atoms with Crippen LogP contribution < -0.4 is 0 Å². The van der Waals surface area contributed by atoms with Crippen LogP contribution >= 0.6 is 0 Å². The Hall–Kier alpha value is -3.34. The third-order valence-corrected chi connectivity index (χ3v) is 3.42. The highest BCUT2D eigenvalue weighted by atomic mass is 16.5. The molecule has 0 aliphatic rings. The van der Waals surface area contributed by atoms with Gasteiger partial charge < -0.3 is 14.3 Å². The van der Waals surface area contributed by atoms with Crippen molar-refractivity contribution in [2.45, 2.75) is 0 Å². The Bertz CT molecular complexity index is 878. The van der Waals surface area contributed by atoms with Gasteiger partial charge in [-0.3, -0.25) is 4.99 Å². The van der Waals surface area contributed by atoms with E-state index < -0.39 is 5.97 Å². The predicted octanol–water partition coefficient (Wildman–Crippen LogP) is 4.19. The summed E-state index contributed by atoms with van der Waals surface area (Å²) in [4.78, 5) is 16.1. The van der Waals surface area contributed by atoms with Crippen LogP contribution in [-0.2, 0) is 4.74 Å².